The third-order valence-corrected chi connectivity index (χ3v) is 2.14. The Morgan fingerprint density at radius 1 is 1.07 bits per heavy atom. The number of rotatable bonds is 1. The fourth-order valence-corrected chi connectivity index (χ4v) is 1.23. The van der Waals surface area contributed by atoms with Crippen molar-refractivity contribution in [2.45, 2.75) is 0 Å². The summed E-state index contributed by atoms with van der Waals surface area (Å²) in [6, 6.07) is 11.4. The number of benzene rings is 1. The van der Waals surface area contributed by atoms with Gasteiger partial charge < -0.3 is 5.73 Å². The molecule has 0 radical (unpaired) electrons. The van der Waals surface area contributed by atoms with Gasteiger partial charge in [0.2, 0.25) is 0 Å². The number of halogens is 1. The number of aromatic nitrogens is 2. The Labute approximate surface area is 86.5 Å². The zero-order valence-corrected chi connectivity index (χ0v) is 8.07. The van der Waals surface area contributed by atoms with Crippen LogP contribution in [0.4, 0.5) is 5.69 Å². The predicted molar refractivity (Wildman–Crippen MR) is 56.9 cm³/mol. The Hall–Kier alpha value is -1.61. The van der Waals surface area contributed by atoms with Crippen molar-refractivity contribution in [2.24, 2.45) is 0 Å². The zero-order chi connectivity index (χ0) is 9.97. The molecule has 0 spiro atoms. The maximum atomic E-state index is 5.67. The molecule has 0 bridgehead atoms. The van der Waals surface area contributed by atoms with Gasteiger partial charge in [-0.2, -0.15) is 0 Å². The maximum Gasteiger partial charge on any atom is 0.174 e. The summed E-state index contributed by atoms with van der Waals surface area (Å²) >= 11 is 5.67. The highest BCUT2D eigenvalue weighted by atomic mass is 35.5. The van der Waals surface area contributed by atoms with E-state index in [2.05, 4.69) is 10.2 Å². The molecule has 1 aromatic heterocycles. The fraction of sp³-hybridized carbons (Fsp3) is 0. The van der Waals surface area contributed by atoms with Gasteiger partial charge in [-0.1, -0.05) is 41.9 Å². The minimum absolute atomic E-state index is 0.240. The number of hydrogen-bond acceptors (Lipinski definition) is 3. The van der Waals surface area contributed by atoms with E-state index in [0.717, 1.165) is 11.3 Å². The van der Waals surface area contributed by atoms with Crippen LogP contribution >= 0.6 is 11.6 Å². The van der Waals surface area contributed by atoms with Crippen molar-refractivity contribution >= 4 is 17.3 Å². The van der Waals surface area contributed by atoms with Gasteiger partial charge >= 0.3 is 0 Å². The van der Waals surface area contributed by atoms with Crippen molar-refractivity contribution in [2.75, 3.05) is 5.73 Å². The topological polar surface area (TPSA) is 51.8 Å². The van der Waals surface area contributed by atoms with Crippen LogP contribution in [0, 0.1) is 0 Å². The van der Waals surface area contributed by atoms with E-state index in [9.17, 15) is 0 Å². The first-order valence-electron chi connectivity index (χ1n) is 4.11. The summed E-state index contributed by atoms with van der Waals surface area (Å²) in [4.78, 5) is 0. The molecule has 2 rings (SSSR count). The van der Waals surface area contributed by atoms with Crippen LogP contribution in [0.2, 0.25) is 5.15 Å². The van der Waals surface area contributed by atoms with Gasteiger partial charge in [0.25, 0.3) is 0 Å². The van der Waals surface area contributed by atoms with Gasteiger partial charge in [0.05, 0.1) is 11.4 Å². The first-order valence-corrected chi connectivity index (χ1v) is 4.49. The molecule has 70 valence electrons. The van der Waals surface area contributed by atoms with E-state index in [1.165, 1.54) is 0 Å². The Kier molecular flexibility index (Phi) is 2.33. The summed E-state index contributed by atoms with van der Waals surface area (Å²) < 4.78 is 0. The highest BCUT2D eigenvalue weighted by Crippen LogP contribution is 2.21. The molecule has 4 heteroatoms. The van der Waals surface area contributed by atoms with Crippen LogP contribution in [-0.2, 0) is 0 Å². The molecular weight excluding hydrogens is 198 g/mol. The summed E-state index contributed by atoms with van der Waals surface area (Å²) in [6.07, 6.45) is 0. The van der Waals surface area contributed by atoms with Crippen molar-refractivity contribution in [3.05, 3.63) is 41.6 Å². The van der Waals surface area contributed by atoms with Crippen LogP contribution in [0.1, 0.15) is 0 Å². The second-order valence-corrected chi connectivity index (χ2v) is 3.20. The average molecular weight is 206 g/mol. The largest absolute Gasteiger partial charge is 0.396 e. The van der Waals surface area contributed by atoms with Crippen LogP contribution in [0.15, 0.2) is 36.4 Å². The van der Waals surface area contributed by atoms with Gasteiger partial charge in [0.1, 0.15) is 0 Å². The summed E-state index contributed by atoms with van der Waals surface area (Å²) in [5, 5.41) is 7.93. The zero-order valence-electron chi connectivity index (χ0n) is 7.31. The van der Waals surface area contributed by atoms with Gasteiger partial charge in [-0.15, -0.1) is 10.2 Å². The van der Waals surface area contributed by atoms with Gasteiger partial charge in [-0.05, 0) is 6.07 Å². The summed E-state index contributed by atoms with van der Waals surface area (Å²) in [7, 11) is 0. The van der Waals surface area contributed by atoms with Crippen molar-refractivity contribution in [1.29, 1.82) is 0 Å². The highest BCUT2D eigenvalue weighted by molar-refractivity contribution is 6.31. The van der Waals surface area contributed by atoms with E-state index in [-0.39, 0.29) is 5.15 Å². The van der Waals surface area contributed by atoms with Crippen molar-refractivity contribution in [1.82, 2.24) is 10.2 Å². The lowest BCUT2D eigenvalue weighted by Crippen LogP contribution is -1.94. The molecule has 0 saturated carbocycles. The molecule has 0 aliphatic carbocycles. The van der Waals surface area contributed by atoms with Crippen molar-refractivity contribution in [3.63, 3.8) is 0 Å². The smallest absolute Gasteiger partial charge is 0.174 e. The summed E-state index contributed by atoms with van der Waals surface area (Å²) in [5.41, 5.74) is 7.77. The first-order chi connectivity index (χ1) is 6.77. The average Bonchev–Trinajstić information content (AvgIpc) is 2.23. The number of anilines is 1. The van der Waals surface area contributed by atoms with Crippen LogP contribution in [0.3, 0.4) is 0 Å². The van der Waals surface area contributed by atoms with E-state index in [4.69, 9.17) is 17.3 Å². The fourth-order valence-electron chi connectivity index (χ4n) is 1.14. The molecule has 2 aromatic rings. The number of nitrogen functional groups attached to an aromatic ring is 1. The van der Waals surface area contributed by atoms with Crippen LogP contribution in [0.25, 0.3) is 11.3 Å². The van der Waals surface area contributed by atoms with Crippen LogP contribution in [0.5, 0.6) is 0 Å². The number of hydrogen-bond donors (Lipinski definition) is 1. The second kappa shape index (κ2) is 3.64. The highest BCUT2D eigenvalue weighted by Gasteiger charge is 2.02. The Morgan fingerprint density at radius 2 is 1.79 bits per heavy atom. The number of nitrogens with zero attached hydrogens (tertiary/aromatic N) is 2. The molecule has 0 fully saturated rings. The molecule has 2 N–H and O–H groups in total. The van der Waals surface area contributed by atoms with Gasteiger partial charge in [0, 0.05) is 5.56 Å². The molecule has 0 amide bonds. The van der Waals surface area contributed by atoms with E-state index in [0.29, 0.717) is 5.69 Å². The minimum Gasteiger partial charge on any atom is -0.396 e. The lowest BCUT2D eigenvalue weighted by molar-refractivity contribution is 1.04. The molecule has 0 aliphatic rings. The van der Waals surface area contributed by atoms with Gasteiger partial charge in [0.15, 0.2) is 5.15 Å². The molecular formula is C10H8ClN3. The van der Waals surface area contributed by atoms with E-state index in [1.807, 2.05) is 30.3 Å². The second-order valence-electron chi connectivity index (χ2n) is 2.84. The van der Waals surface area contributed by atoms with Gasteiger partial charge in [-0.25, -0.2) is 0 Å². The van der Waals surface area contributed by atoms with Crippen molar-refractivity contribution < 1.29 is 0 Å². The predicted octanol–water partition coefficient (Wildman–Crippen LogP) is 2.38. The quantitative estimate of drug-likeness (QED) is 0.778. The monoisotopic (exact) mass is 205 g/mol. The van der Waals surface area contributed by atoms with Crippen molar-refractivity contribution in [3.8, 4) is 11.3 Å². The lowest BCUT2D eigenvalue weighted by atomic mass is 10.1. The molecule has 0 unspecified atom stereocenters. The Balaban J connectivity index is 2.48. The Bertz CT molecular complexity index is 442. The number of nitrogens with two attached hydrogens (primary N) is 1. The maximum absolute atomic E-state index is 5.67. The SMILES string of the molecule is Nc1cc(-c2ccccc2)nnc1Cl. The summed E-state index contributed by atoms with van der Waals surface area (Å²) in [5.74, 6) is 0. The minimum atomic E-state index is 0.240. The molecule has 1 heterocycles. The van der Waals surface area contributed by atoms with Gasteiger partial charge in [-0.3, -0.25) is 0 Å². The molecule has 3 nitrogen and oxygen atoms in total. The molecule has 0 aliphatic heterocycles. The molecule has 1 aromatic carbocycles. The third kappa shape index (κ3) is 1.67. The first kappa shape index (κ1) is 8.97. The molecule has 14 heavy (non-hydrogen) atoms. The van der Waals surface area contributed by atoms with E-state index < -0.39 is 0 Å². The van der Waals surface area contributed by atoms with E-state index >= 15 is 0 Å². The Morgan fingerprint density at radius 3 is 2.43 bits per heavy atom. The summed E-state index contributed by atoms with van der Waals surface area (Å²) in [6.45, 7) is 0. The van der Waals surface area contributed by atoms with E-state index in [1.54, 1.807) is 6.07 Å². The van der Waals surface area contributed by atoms with Crippen LogP contribution < -0.4 is 5.73 Å². The normalized spacial score (nSPS) is 10.1. The standard InChI is InChI=1S/C10H8ClN3/c11-10-8(12)6-9(13-14-10)7-4-2-1-3-5-7/h1-6H,(H2,12,13). The lowest BCUT2D eigenvalue weighted by Gasteiger charge is -2.01. The molecule has 0 atom stereocenters. The van der Waals surface area contributed by atoms with Crippen LogP contribution in [-0.4, -0.2) is 10.2 Å². The molecule has 0 saturated heterocycles. The third-order valence-electron chi connectivity index (χ3n) is 1.85.